The molecular formula is C26H29FN2O2S. The van der Waals surface area contributed by atoms with Crippen molar-refractivity contribution >= 4 is 26.5 Å². The third-order valence-electron chi connectivity index (χ3n) is 6.88. The van der Waals surface area contributed by atoms with Gasteiger partial charge in [-0.3, -0.25) is 4.90 Å². The first-order valence-corrected chi connectivity index (χ1v) is 12.7. The minimum Gasteiger partial charge on any atom is -0.296 e. The highest BCUT2D eigenvalue weighted by Crippen LogP contribution is 2.37. The maximum absolute atomic E-state index is 14.2. The highest BCUT2D eigenvalue weighted by Gasteiger charge is 2.30. The molecule has 3 aromatic rings. The third-order valence-corrected chi connectivity index (χ3v) is 8.57. The number of rotatable bonds is 3. The van der Waals surface area contributed by atoms with Gasteiger partial charge in [-0.25, -0.2) is 16.8 Å². The summed E-state index contributed by atoms with van der Waals surface area (Å²) in [5.41, 5.74) is 3.46. The Morgan fingerprint density at radius 3 is 2.53 bits per heavy atom. The van der Waals surface area contributed by atoms with Crippen LogP contribution in [0.15, 0.2) is 59.6 Å². The van der Waals surface area contributed by atoms with Crippen molar-refractivity contribution in [1.82, 2.24) is 8.87 Å². The molecule has 1 atom stereocenters. The highest BCUT2D eigenvalue weighted by molar-refractivity contribution is 7.90. The minimum absolute atomic E-state index is 0.0608. The molecule has 5 rings (SSSR count). The van der Waals surface area contributed by atoms with Crippen LogP contribution in [0.5, 0.6) is 0 Å². The number of hydrogen-bond donors (Lipinski definition) is 0. The van der Waals surface area contributed by atoms with E-state index in [4.69, 9.17) is 0 Å². The molecular weight excluding hydrogens is 423 g/mol. The summed E-state index contributed by atoms with van der Waals surface area (Å²) >= 11 is 0. The number of nitrogens with zero attached hydrogens (tertiary/aromatic N) is 2. The van der Waals surface area contributed by atoms with Crippen molar-refractivity contribution in [3.63, 3.8) is 0 Å². The van der Waals surface area contributed by atoms with E-state index >= 15 is 0 Å². The van der Waals surface area contributed by atoms with E-state index in [9.17, 15) is 12.8 Å². The van der Waals surface area contributed by atoms with Gasteiger partial charge in [-0.05, 0) is 72.7 Å². The van der Waals surface area contributed by atoms with Crippen molar-refractivity contribution < 1.29 is 12.8 Å². The molecule has 1 aromatic heterocycles. The molecule has 0 bridgehead atoms. The molecule has 4 nitrogen and oxygen atoms in total. The van der Waals surface area contributed by atoms with Crippen LogP contribution in [0.4, 0.5) is 4.39 Å². The molecule has 0 aliphatic carbocycles. The van der Waals surface area contributed by atoms with Crippen LogP contribution in [0.25, 0.3) is 16.5 Å². The van der Waals surface area contributed by atoms with E-state index in [1.807, 2.05) is 12.1 Å². The smallest absolute Gasteiger partial charge is 0.268 e. The lowest BCUT2D eigenvalue weighted by atomic mass is 9.87. The number of benzene rings is 2. The van der Waals surface area contributed by atoms with Crippen LogP contribution in [-0.2, 0) is 15.4 Å². The van der Waals surface area contributed by atoms with Gasteiger partial charge >= 0.3 is 0 Å². The average molecular weight is 453 g/mol. The molecule has 32 heavy (non-hydrogen) atoms. The zero-order chi connectivity index (χ0) is 22.7. The Balaban J connectivity index is 1.62. The lowest BCUT2D eigenvalue weighted by Crippen LogP contribution is -2.32. The lowest BCUT2D eigenvalue weighted by molar-refractivity contribution is 0.275. The Morgan fingerprint density at radius 2 is 1.81 bits per heavy atom. The summed E-state index contributed by atoms with van der Waals surface area (Å²) in [5, 5.41) is 0.651. The van der Waals surface area contributed by atoms with Crippen molar-refractivity contribution in [3.05, 3.63) is 71.7 Å². The fourth-order valence-corrected chi connectivity index (χ4v) is 6.39. The largest absolute Gasteiger partial charge is 0.296 e. The minimum atomic E-state index is -3.82. The Labute approximate surface area is 189 Å². The van der Waals surface area contributed by atoms with Gasteiger partial charge in [0.1, 0.15) is 5.82 Å². The van der Waals surface area contributed by atoms with Crippen LogP contribution in [0.1, 0.15) is 51.2 Å². The van der Waals surface area contributed by atoms with E-state index in [1.165, 1.54) is 22.5 Å². The van der Waals surface area contributed by atoms with Crippen LogP contribution < -0.4 is 0 Å². The summed E-state index contributed by atoms with van der Waals surface area (Å²) in [4.78, 5) is 2.70. The summed E-state index contributed by atoms with van der Waals surface area (Å²) in [6.45, 7) is 8.27. The maximum Gasteiger partial charge on any atom is 0.268 e. The average Bonchev–Trinajstić information content (AvgIpc) is 3.37. The highest BCUT2D eigenvalue weighted by atomic mass is 32.2. The number of aromatic nitrogens is 1. The molecule has 1 fully saturated rings. The SMILES string of the molecule is CC(C)(C)c1ccc(S(=O)(=O)n2cc(C3=CCN4CCC[C@@H]4C3)c3cc(F)ccc32)cc1. The van der Waals surface area contributed by atoms with Crippen LogP contribution in [0.2, 0.25) is 0 Å². The molecule has 0 saturated carbocycles. The van der Waals surface area contributed by atoms with Crippen LogP contribution >= 0.6 is 0 Å². The Kier molecular flexibility index (Phi) is 5.06. The topological polar surface area (TPSA) is 42.3 Å². The van der Waals surface area contributed by atoms with E-state index in [0.717, 1.165) is 42.6 Å². The monoisotopic (exact) mass is 452 g/mol. The number of hydrogen-bond acceptors (Lipinski definition) is 3. The van der Waals surface area contributed by atoms with Gasteiger partial charge in [0.2, 0.25) is 0 Å². The zero-order valence-electron chi connectivity index (χ0n) is 18.8. The van der Waals surface area contributed by atoms with E-state index in [-0.39, 0.29) is 16.1 Å². The maximum atomic E-state index is 14.2. The second-order valence-electron chi connectivity index (χ2n) is 10.0. The molecule has 168 valence electrons. The van der Waals surface area contributed by atoms with Crippen LogP contribution in [0.3, 0.4) is 0 Å². The molecule has 2 aliphatic rings. The first-order chi connectivity index (χ1) is 15.1. The van der Waals surface area contributed by atoms with Gasteiger partial charge in [0.05, 0.1) is 10.4 Å². The summed E-state index contributed by atoms with van der Waals surface area (Å²) in [6.07, 6.45) is 7.09. The lowest BCUT2D eigenvalue weighted by Gasteiger charge is -2.29. The molecule has 0 spiro atoms. The van der Waals surface area contributed by atoms with E-state index in [1.54, 1.807) is 24.4 Å². The first-order valence-electron chi connectivity index (χ1n) is 11.2. The Morgan fingerprint density at radius 1 is 1.06 bits per heavy atom. The van der Waals surface area contributed by atoms with Gasteiger partial charge in [-0.2, -0.15) is 0 Å². The zero-order valence-corrected chi connectivity index (χ0v) is 19.6. The van der Waals surface area contributed by atoms with Crippen molar-refractivity contribution in [1.29, 1.82) is 0 Å². The van der Waals surface area contributed by atoms with E-state index in [2.05, 4.69) is 31.7 Å². The standard InChI is InChI=1S/C26H29FN2O2S/c1-26(2,3)19-6-9-22(10-7-19)32(30,31)29-17-24(23-16-20(27)8-11-25(23)29)18-12-14-28-13-4-5-21(28)15-18/h6-12,16-17,21H,4-5,13-15H2,1-3H3/t21-/m1/s1. The molecule has 2 aromatic carbocycles. The van der Waals surface area contributed by atoms with Gasteiger partial charge < -0.3 is 0 Å². The summed E-state index contributed by atoms with van der Waals surface area (Å²) in [5.74, 6) is -0.359. The summed E-state index contributed by atoms with van der Waals surface area (Å²) < 4.78 is 42.7. The van der Waals surface area contributed by atoms with Gasteiger partial charge in [0, 0.05) is 29.7 Å². The van der Waals surface area contributed by atoms with Gasteiger partial charge in [0.15, 0.2) is 0 Å². The molecule has 3 heterocycles. The van der Waals surface area contributed by atoms with Gasteiger partial charge in [-0.15, -0.1) is 0 Å². The molecule has 0 amide bonds. The third kappa shape index (κ3) is 3.59. The fourth-order valence-electron chi connectivity index (χ4n) is 5.02. The van der Waals surface area contributed by atoms with Gasteiger partial charge in [-0.1, -0.05) is 39.0 Å². The predicted octanol–water partition coefficient (Wildman–Crippen LogP) is 5.57. The Bertz CT molecular complexity index is 1310. The second-order valence-corrected chi connectivity index (χ2v) is 11.8. The number of halogens is 1. The van der Waals surface area contributed by atoms with E-state index in [0.29, 0.717) is 16.9 Å². The predicted molar refractivity (Wildman–Crippen MR) is 127 cm³/mol. The van der Waals surface area contributed by atoms with Crippen LogP contribution in [-0.4, -0.2) is 36.4 Å². The molecule has 2 aliphatic heterocycles. The molecule has 0 radical (unpaired) electrons. The van der Waals surface area contributed by atoms with Crippen molar-refractivity contribution in [3.8, 4) is 0 Å². The molecule has 6 heteroatoms. The Hall–Kier alpha value is -2.44. The molecule has 0 unspecified atom stereocenters. The van der Waals surface area contributed by atoms with Crippen molar-refractivity contribution in [2.75, 3.05) is 13.1 Å². The quantitative estimate of drug-likeness (QED) is 0.522. The van der Waals surface area contributed by atoms with Crippen molar-refractivity contribution in [2.24, 2.45) is 0 Å². The number of fused-ring (bicyclic) bond motifs is 2. The summed E-state index contributed by atoms with van der Waals surface area (Å²) in [7, 11) is -3.82. The molecule has 0 N–H and O–H groups in total. The second kappa shape index (κ2) is 7.56. The fraction of sp³-hybridized carbons (Fsp3) is 0.385. The van der Waals surface area contributed by atoms with Crippen LogP contribution in [0, 0.1) is 5.82 Å². The normalized spacial score (nSPS) is 19.9. The van der Waals surface area contributed by atoms with E-state index < -0.39 is 10.0 Å². The van der Waals surface area contributed by atoms with Gasteiger partial charge in [0.25, 0.3) is 10.0 Å². The first kappa shape index (κ1) is 21.4. The van der Waals surface area contributed by atoms with Crippen molar-refractivity contribution in [2.45, 2.75) is 56.4 Å². The summed E-state index contributed by atoms with van der Waals surface area (Å²) in [6, 6.07) is 11.9. The molecule has 1 saturated heterocycles.